The van der Waals surface area contributed by atoms with Gasteiger partial charge in [-0.3, -0.25) is 43.2 Å². The third-order valence-electron chi connectivity index (χ3n) is 13.1. The molecule has 0 spiro atoms. The first-order valence-corrected chi connectivity index (χ1v) is 25.8. The average Bonchev–Trinajstić information content (AvgIpc) is 3.83. The Morgan fingerprint density at radius 1 is 0.545 bits per heavy atom. The highest BCUT2D eigenvalue weighted by molar-refractivity contribution is 5.99. The quantitative estimate of drug-likeness (QED) is 0.0626. The van der Waals surface area contributed by atoms with Gasteiger partial charge in [0.25, 0.3) is 0 Å². The number of carbonyl (C=O) groups is 9. The van der Waals surface area contributed by atoms with Crippen LogP contribution < -0.4 is 54.0 Å². The number of unbranched alkanes of at least 4 members (excludes halogenated alkanes) is 1. The van der Waals surface area contributed by atoms with E-state index in [1.807, 2.05) is 24.3 Å². The van der Waals surface area contributed by atoms with Crippen molar-refractivity contribution in [3.8, 4) is 0 Å². The van der Waals surface area contributed by atoms with Crippen LogP contribution in [0, 0.1) is 0 Å². The highest BCUT2D eigenvalue weighted by Crippen LogP contribution is 2.20. The molecule has 2 heterocycles. The van der Waals surface area contributed by atoms with Crippen molar-refractivity contribution < 1.29 is 48.3 Å². The number of amides is 9. The van der Waals surface area contributed by atoms with Gasteiger partial charge in [0.05, 0.1) is 12.5 Å². The molecule has 77 heavy (non-hydrogen) atoms. The lowest BCUT2D eigenvalue weighted by Gasteiger charge is -2.29. The second kappa shape index (κ2) is 29.0. The molecule has 0 saturated carbocycles. The van der Waals surface area contributed by atoms with Gasteiger partial charge in [-0.25, -0.2) is 0 Å². The zero-order chi connectivity index (χ0) is 55.3. The fraction of sp³-hybridized carbons (Fsp3) is 0.375. The molecule has 1 aliphatic rings. The Morgan fingerprint density at radius 2 is 1.00 bits per heavy atom. The van der Waals surface area contributed by atoms with E-state index in [0.29, 0.717) is 35.1 Å². The van der Waals surface area contributed by atoms with Crippen LogP contribution in [0.25, 0.3) is 10.9 Å². The minimum Gasteiger partial charge on any atom is -0.391 e. The minimum atomic E-state index is -1.63. The van der Waals surface area contributed by atoms with E-state index in [9.17, 15) is 48.3 Å². The molecule has 408 valence electrons. The number of nitrogens with one attached hydrogen (secondary N) is 9. The minimum absolute atomic E-state index is 0.0138. The smallest absolute Gasteiger partial charge is 0.245 e. The lowest BCUT2D eigenvalue weighted by Crippen LogP contribution is -2.62. The topological polar surface area (TPSA) is 338 Å². The van der Waals surface area contributed by atoms with E-state index >= 15 is 0 Å². The predicted molar refractivity (Wildman–Crippen MR) is 287 cm³/mol. The van der Waals surface area contributed by atoms with Crippen LogP contribution in [0.15, 0.2) is 121 Å². The highest BCUT2D eigenvalue weighted by atomic mass is 16.3. The van der Waals surface area contributed by atoms with E-state index in [0.717, 1.165) is 10.9 Å². The summed E-state index contributed by atoms with van der Waals surface area (Å²) < 4.78 is 0. The summed E-state index contributed by atoms with van der Waals surface area (Å²) in [5.41, 5.74) is 14.7. The Balaban J connectivity index is 1.40. The third-order valence-corrected chi connectivity index (χ3v) is 13.1. The van der Waals surface area contributed by atoms with E-state index < -0.39 is 108 Å². The van der Waals surface area contributed by atoms with Gasteiger partial charge in [0.2, 0.25) is 53.2 Å². The zero-order valence-corrected chi connectivity index (χ0v) is 42.9. The molecule has 1 aliphatic heterocycles. The Hall–Kier alpha value is -8.43. The van der Waals surface area contributed by atoms with Crippen LogP contribution in [0.2, 0.25) is 0 Å². The number of benzene rings is 4. The van der Waals surface area contributed by atoms with Gasteiger partial charge in [0.15, 0.2) is 0 Å². The first-order chi connectivity index (χ1) is 37.1. The molecule has 21 nitrogen and oxygen atoms in total. The predicted octanol–water partition coefficient (Wildman–Crippen LogP) is 0.127. The standard InChI is InChI=1S/C56H69N11O10/c1-34(68)49-56(77)66-42(28-35-16-5-2-6-17-35)50(71)59-27-15-25-48(70)61-46(32-47(58)69)55(76)64-43(29-36-18-7-3-8-19-36)52(73)63-44(30-37-20-9-4-10-21-37)53(74)65-45(31-38-33-60-40-23-12-11-22-39(38)40)54(75)62-41(51(72)67-49)24-13-14-26-57/h2-12,16-23,33-34,41-46,49,60,68H,13-15,24-32,57H2,1H3,(H2,58,69)(H,59,71)(H,61,70)(H,62,75)(H,63,73)(H,64,76)(H,65,74)(H,66,77)(H,67,72)/t34-,41+,42?,43+,44+,45?,46+,49+/m1/s1. The van der Waals surface area contributed by atoms with Gasteiger partial charge >= 0.3 is 0 Å². The second-order valence-electron chi connectivity index (χ2n) is 19.1. The molecule has 8 atom stereocenters. The highest BCUT2D eigenvalue weighted by Gasteiger charge is 2.36. The molecular formula is C56H69N11O10. The van der Waals surface area contributed by atoms with Gasteiger partial charge in [-0.2, -0.15) is 0 Å². The molecule has 5 aromatic rings. The summed E-state index contributed by atoms with van der Waals surface area (Å²) in [6.07, 6.45) is -0.182. The van der Waals surface area contributed by atoms with Crippen LogP contribution in [-0.4, -0.2) is 125 Å². The Kier molecular flexibility index (Phi) is 21.8. The maximum Gasteiger partial charge on any atom is 0.245 e. The Labute approximate surface area is 446 Å². The fourth-order valence-corrected chi connectivity index (χ4v) is 8.94. The normalized spacial score (nSPS) is 22.5. The molecule has 4 aromatic carbocycles. The number of H-pyrrole nitrogens is 1. The van der Waals surface area contributed by atoms with Crippen LogP contribution >= 0.6 is 0 Å². The lowest BCUT2D eigenvalue weighted by molar-refractivity contribution is -0.137. The summed E-state index contributed by atoms with van der Waals surface area (Å²) in [6.45, 7) is 1.46. The van der Waals surface area contributed by atoms with Gasteiger partial charge < -0.3 is 64.1 Å². The first-order valence-electron chi connectivity index (χ1n) is 25.8. The molecule has 2 unspecified atom stereocenters. The molecule has 1 aromatic heterocycles. The number of primary amides is 1. The lowest BCUT2D eigenvalue weighted by atomic mass is 10.00. The molecule has 0 radical (unpaired) electrons. The monoisotopic (exact) mass is 1060 g/mol. The largest absolute Gasteiger partial charge is 0.391 e. The van der Waals surface area contributed by atoms with E-state index in [-0.39, 0.29) is 58.0 Å². The summed E-state index contributed by atoms with van der Waals surface area (Å²) in [4.78, 5) is 130. The number of aromatic nitrogens is 1. The number of aliphatic hydroxyl groups is 1. The zero-order valence-electron chi connectivity index (χ0n) is 42.9. The first kappa shape index (κ1) is 57.8. The number of para-hydroxylation sites is 1. The Morgan fingerprint density at radius 3 is 1.52 bits per heavy atom. The van der Waals surface area contributed by atoms with E-state index in [1.54, 1.807) is 97.2 Å². The van der Waals surface area contributed by atoms with Crippen LogP contribution in [0.3, 0.4) is 0 Å². The number of fused-ring (bicyclic) bond motifs is 1. The van der Waals surface area contributed by atoms with Crippen molar-refractivity contribution in [2.24, 2.45) is 11.5 Å². The van der Waals surface area contributed by atoms with Crippen molar-refractivity contribution in [2.45, 2.75) is 120 Å². The number of hydrogen-bond acceptors (Lipinski definition) is 11. The van der Waals surface area contributed by atoms with Crippen molar-refractivity contribution in [3.63, 3.8) is 0 Å². The summed E-state index contributed by atoms with van der Waals surface area (Å²) >= 11 is 0. The number of aromatic amines is 1. The van der Waals surface area contributed by atoms with E-state index in [1.165, 1.54) is 6.92 Å². The second-order valence-corrected chi connectivity index (χ2v) is 19.1. The summed E-state index contributed by atoms with van der Waals surface area (Å²) in [6, 6.07) is 23.5. The van der Waals surface area contributed by atoms with Gasteiger partial charge in [-0.05, 0) is 67.5 Å². The third kappa shape index (κ3) is 17.9. The van der Waals surface area contributed by atoms with Gasteiger partial charge in [0.1, 0.15) is 42.3 Å². The van der Waals surface area contributed by atoms with Crippen LogP contribution in [0.4, 0.5) is 0 Å². The number of hydrogen-bond donors (Lipinski definition) is 12. The average molecular weight is 1060 g/mol. The van der Waals surface area contributed by atoms with Gasteiger partial charge in [0, 0.05) is 55.7 Å². The van der Waals surface area contributed by atoms with Crippen molar-refractivity contribution in [1.82, 2.24) is 47.5 Å². The van der Waals surface area contributed by atoms with Gasteiger partial charge in [-0.15, -0.1) is 0 Å². The summed E-state index contributed by atoms with van der Waals surface area (Å²) in [5, 5.41) is 33.3. The molecule has 14 N–H and O–H groups in total. The van der Waals surface area contributed by atoms with E-state index in [4.69, 9.17) is 11.5 Å². The molecule has 21 heteroatoms. The van der Waals surface area contributed by atoms with Crippen molar-refractivity contribution in [2.75, 3.05) is 13.1 Å². The maximum absolute atomic E-state index is 14.9. The molecule has 1 fully saturated rings. The molecule has 0 aliphatic carbocycles. The fourth-order valence-electron chi connectivity index (χ4n) is 8.94. The van der Waals surface area contributed by atoms with Crippen LogP contribution in [0.1, 0.15) is 67.7 Å². The van der Waals surface area contributed by atoms with Crippen molar-refractivity contribution >= 4 is 64.1 Å². The number of carbonyl (C=O) groups excluding carboxylic acids is 9. The number of nitrogens with two attached hydrogens (primary N) is 2. The summed E-state index contributed by atoms with van der Waals surface area (Å²) in [7, 11) is 0. The van der Waals surface area contributed by atoms with Crippen LogP contribution in [0.5, 0.6) is 0 Å². The Bertz CT molecular complexity index is 2810. The molecular weight excluding hydrogens is 987 g/mol. The van der Waals surface area contributed by atoms with Gasteiger partial charge in [-0.1, -0.05) is 109 Å². The molecule has 0 bridgehead atoms. The van der Waals surface area contributed by atoms with Crippen molar-refractivity contribution in [1.29, 1.82) is 0 Å². The molecule has 6 rings (SSSR count). The van der Waals surface area contributed by atoms with Crippen LogP contribution in [-0.2, 0) is 68.8 Å². The number of rotatable bonds is 15. The molecule has 1 saturated heterocycles. The maximum atomic E-state index is 14.9. The molecule has 9 amide bonds. The summed E-state index contributed by atoms with van der Waals surface area (Å²) in [5.74, 6) is -7.42. The van der Waals surface area contributed by atoms with Crippen molar-refractivity contribution in [3.05, 3.63) is 144 Å². The SMILES string of the molecule is C[C@@H](O)[C@@H]1NC(=O)[C@H](CCCCN)NC(=O)C(Cc2c[nH]c3ccccc23)NC(=O)[C@H](Cc2ccccc2)NC(=O)[C@H](Cc2ccccc2)NC(=O)[C@H](CC(N)=O)NC(=O)CCCNC(=O)C(Cc2ccccc2)NC1=O. The number of aliphatic hydroxyl groups excluding tert-OH is 1. The van der Waals surface area contributed by atoms with E-state index in [2.05, 4.69) is 47.5 Å².